The molecule has 0 aromatic carbocycles. The Morgan fingerprint density at radius 3 is 2.59 bits per heavy atom. The Hall–Kier alpha value is -0.300. The summed E-state index contributed by atoms with van der Waals surface area (Å²) in [6.07, 6.45) is 0. The normalized spacial score (nSPS) is 13.0. The highest BCUT2D eigenvalue weighted by atomic mass is 127. The molecule has 0 aliphatic rings. The van der Waals surface area contributed by atoms with E-state index in [1.165, 1.54) is 4.88 Å². The number of halogens is 1. The van der Waals surface area contributed by atoms with E-state index < -0.39 is 0 Å². The predicted molar refractivity (Wildman–Crippen MR) is 87.6 cm³/mol. The third-order valence-electron chi connectivity index (χ3n) is 2.64. The molecule has 5 heteroatoms. The molecule has 1 aromatic rings. The molecule has 0 radical (unpaired) electrons. The molecule has 1 rings (SSSR count). The molecule has 0 aliphatic carbocycles. The van der Waals surface area contributed by atoms with Crippen molar-refractivity contribution in [3.8, 4) is 0 Å². The first kappa shape index (κ1) is 16.7. The SMILES string of the molecule is CCN(CC)C(N)=NCC(C)c1cccs1.I. The molecule has 1 atom stereocenters. The second kappa shape index (κ2) is 8.74. The highest BCUT2D eigenvalue weighted by Gasteiger charge is 2.07. The first-order valence-electron chi connectivity index (χ1n) is 5.77. The van der Waals surface area contributed by atoms with Crippen LogP contribution in [0, 0.1) is 0 Å². The average molecular weight is 367 g/mol. The van der Waals surface area contributed by atoms with Crippen LogP contribution in [-0.4, -0.2) is 30.5 Å². The second-order valence-corrected chi connectivity index (χ2v) is 4.77. The van der Waals surface area contributed by atoms with Crippen molar-refractivity contribution in [3.05, 3.63) is 22.4 Å². The van der Waals surface area contributed by atoms with Crippen molar-refractivity contribution in [2.45, 2.75) is 26.7 Å². The molecule has 0 amide bonds. The Labute approximate surface area is 125 Å². The topological polar surface area (TPSA) is 41.6 Å². The molecule has 0 saturated carbocycles. The maximum atomic E-state index is 5.92. The fraction of sp³-hybridized carbons (Fsp3) is 0.583. The standard InChI is InChI=1S/C12H21N3S.HI/c1-4-15(5-2)12(13)14-9-10(3)11-7-6-8-16-11;/h6-8,10H,4-5,9H2,1-3H3,(H2,13,14);1H. The monoisotopic (exact) mass is 367 g/mol. The molecule has 98 valence electrons. The number of thiophene rings is 1. The lowest BCUT2D eigenvalue weighted by Crippen LogP contribution is -2.37. The van der Waals surface area contributed by atoms with Crippen LogP contribution in [0.15, 0.2) is 22.5 Å². The number of hydrogen-bond donors (Lipinski definition) is 1. The van der Waals surface area contributed by atoms with Gasteiger partial charge in [-0.1, -0.05) is 13.0 Å². The zero-order chi connectivity index (χ0) is 12.0. The summed E-state index contributed by atoms with van der Waals surface area (Å²) in [5.41, 5.74) is 5.92. The minimum atomic E-state index is 0. The van der Waals surface area contributed by atoms with Crippen LogP contribution in [0.2, 0.25) is 0 Å². The van der Waals surface area contributed by atoms with Crippen LogP contribution >= 0.6 is 35.3 Å². The third-order valence-corrected chi connectivity index (χ3v) is 3.75. The lowest BCUT2D eigenvalue weighted by atomic mass is 10.1. The average Bonchev–Trinajstić information content (AvgIpc) is 2.81. The summed E-state index contributed by atoms with van der Waals surface area (Å²) in [5.74, 6) is 1.11. The Bertz CT molecular complexity index is 321. The van der Waals surface area contributed by atoms with Gasteiger partial charge in [0.2, 0.25) is 0 Å². The Balaban J connectivity index is 0.00000256. The van der Waals surface area contributed by atoms with Gasteiger partial charge >= 0.3 is 0 Å². The van der Waals surface area contributed by atoms with Crippen molar-refractivity contribution >= 4 is 41.3 Å². The largest absolute Gasteiger partial charge is 0.370 e. The highest BCUT2D eigenvalue weighted by molar-refractivity contribution is 14.0. The van der Waals surface area contributed by atoms with Crippen LogP contribution in [0.25, 0.3) is 0 Å². The van der Waals surface area contributed by atoms with Gasteiger partial charge in [-0.2, -0.15) is 0 Å². The van der Waals surface area contributed by atoms with Gasteiger partial charge in [-0.15, -0.1) is 35.3 Å². The fourth-order valence-corrected chi connectivity index (χ4v) is 2.32. The number of nitrogens with zero attached hydrogens (tertiary/aromatic N) is 2. The summed E-state index contributed by atoms with van der Waals surface area (Å²) in [4.78, 5) is 7.89. The van der Waals surface area contributed by atoms with Gasteiger partial charge in [0, 0.05) is 23.9 Å². The van der Waals surface area contributed by atoms with Gasteiger partial charge in [0.05, 0.1) is 6.54 Å². The second-order valence-electron chi connectivity index (χ2n) is 3.79. The summed E-state index contributed by atoms with van der Waals surface area (Å²) < 4.78 is 0. The lowest BCUT2D eigenvalue weighted by molar-refractivity contribution is 0.457. The van der Waals surface area contributed by atoms with Crippen LogP contribution in [0.4, 0.5) is 0 Å². The first-order chi connectivity index (χ1) is 7.69. The van der Waals surface area contributed by atoms with E-state index in [0.717, 1.165) is 19.6 Å². The summed E-state index contributed by atoms with van der Waals surface area (Å²) >= 11 is 1.78. The van der Waals surface area contributed by atoms with Crippen LogP contribution in [0.5, 0.6) is 0 Å². The first-order valence-corrected chi connectivity index (χ1v) is 6.65. The molecule has 1 unspecified atom stereocenters. The maximum Gasteiger partial charge on any atom is 0.191 e. The molecule has 17 heavy (non-hydrogen) atoms. The zero-order valence-electron chi connectivity index (χ0n) is 10.7. The van der Waals surface area contributed by atoms with Gasteiger partial charge in [-0.05, 0) is 25.3 Å². The van der Waals surface area contributed by atoms with Gasteiger partial charge in [-0.25, -0.2) is 0 Å². The molecule has 0 fully saturated rings. The Morgan fingerprint density at radius 2 is 2.12 bits per heavy atom. The van der Waals surface area contributed by atoms with Crippen LogP contribution in [-0.2, 0) is 0 Å². The van der Waals surface area contributed by atoms with E-state index in [1.54, 1.807) is 11.3 Å². The smallest absolute Gasteiger partial charge is 0.191 e. The van der Waals surface area contributed by atoms with Crippen molar-refractivity contribution < 1.29 is 0 Å². The van der Waals surface area contributed by atoms with E-state index in [1.807, 2.05) is 0 Å². The zero-order valence-corrected chi connectivity index (χ0v) is 13.9. The molecule has 1 aromatic heterocycles. The summed E-state index contributed by atoms with van der Waals surface area (Å²) in [6.45, 7) is 8.97. The molecule has 0 bridgehead atoms. The molecule has 0 aliphatic heterocycles. The molecule has 3 nitrogen and oxygen atoms in total. The van der Waals surface area contributed by atoms with Crippen molar-refractivity contribution in [2.24, 2.45) is 10.7 Å². The number of nitrogens with two attached hydrogens (primary N) is 1. The van der Waals surface area contributed by atoms with Gasteiger partial charge in [0.1, 0.15) is 0 Å². The number of guanidine groups is 1. The van der Waals surface area contributed by atoms with Crippen LogP contribution in [0.1, 0.15) is 31.6 Å². The van der Waals surface area contributed by atoms with Gasteiger partial charge in [0.25, 0.3) is 0 Å². The molecular formula is C12H22IN3S. The number of hydrogen-bond acceptors (Lipinski definition) is 2. The van der Waals surface area contributed by atoms with Crippen LogP contribution < -0.4 is 5.73 Å². The van der Waals surface area contributed by atoms with Crippen molar-refractivity contribution in [1.82, 2.24) is 4.90 Å². The third kappa shape index (κ3) is 5.25. The molecular weight excluding hydrogens is 345 g/mol. The molecule has 2 N–H and O–H groups in total. The van der Waals surface area contributed by atoms with E-state index >= 15 is 0 Å². The minimum absolute atomic E-state index is 0. The predicted octanol–water partition coefficient (Wildman–Crippen LogP) is 3.13. The molecule has 1 heterocycles. The van der Waals surface area contributed by atoms with E-state index in [4.69, 9.17) is 5.73 Å². The number of rotatable bonds is 5. The van der Waals surface area contributed by atoms with Crippen molar-refractivity contribution in [3.63, 3.8) is 0 Å². The quantitative estimate of drug-likeness (QED) is 0.494. The minimum Gasteiger partial charge on any atom is -0.370 e. The van der Waals surface area contributed by atoms with E-state index in [-0.39, 0.29) is 24.0 Å². The Kier molecular flexibility index (Phi) is 8.59. The van der Waals surface area contributed by atoms with E-state index in [0.29, 0.717) is 11.9 Å². The van der Waals surface area contributed by atoms with Gasteiger partial charge < -0.3 is 10.6 Å². The summed E-state index contributed by atoms with van der Waals surface area (Å²) in [7, 11) is 0. The fourth-order valence-electron chi connectivity index (χ4n) is 1.54. The van der Waals surface area contributed by atoms with E-state index in [2.05, 4.69) is 48.2 Å². The van der Waals surface area contributed by atoms with Crippen molar-refractivity contribution in [1.29, 1.82) is 0 Å². The summed E-state index contributed by atoms with van der Waals surface area (Å²) in [6, 6.07) is 4.23. The summed E-state index contributed by atoms with van der Waals surface area (Å²) in [5, 5.41) is 2.10. The van der Waals surface area contributed by atoms with Gasteiger partial charge in [0.15, 0.2) is 5.96 Å². The highest BCUT2D eigenvalue weighted by Crippen LogP contribution is 2.20. The maximum absolute atomic E-state index is 5.92. The molecule has 0 saturated heterocycles. The Morgan fingerprint density at radius 1 is 1.47 bits per heavy atom. The van der Waals surface area contributed by atoms with Crippen LogP contribution in [0.3, 0.4) is 0 Å². The lowest BCUT2D eigenvalue weighted by Gasteiger charge is -2.19. The van der Waals surface area contributed by atoms with Gasteiger partial charge in [-0.3, -0.25) is 4.99 Å². The molecule has 0 spiro atoms. The van der Waals surface area contributed by atoms with Crippen molar-refractivity contribution in [2.75, 3.05) is 19.6 Å². The van der Waals surface area contributed by atoms with E-state index in [9.17, 15) is 0 Å². The number of aliphatic imine (C=N–C) groups is 1.